The summed E-state index contributed by atoms with van der Waals surface area (Å²) in [4.78, 5) is 15.5. The highest BCUT2D eigenvalue weighted by Gasteiger charge is 2.11. The summed E-state index contributed by atoms with van der Waals surface area (Å²) in [5, 5.41) is 2.29. The number of benzene rings is 2. The Morgan fingerprint density at radius 2 is 1.76 bits per heavy atom. The first-order valence-corrected chi connectivity index (χ1v) is 6.91. The van der Waals surface area contributed by atoms with Crippen LogP contribution in [0.4, 0.5) is 0 Å². The number of hydrogen-bond donors (Lipinski definition) is 1. The summed E-state index contributed by atoms with van der Waals surface area (Å²) in [6.07, 6.45) is 0. The van der Waals surface area contributed by atoms with E-state index in [-0.39, 0.29) is 0 Å². The third-order valence-electron chi connectivity index (χ3n) is 3.53. The number of para-hydroxylation sites is 2. The van der Waals surface area contributed by atoms with Crippen molar-refractivity contribution in [3.8, 4) is 11.3 Å². The fourth-order valence-corrected chi connectivity index (χ4v) is 2.74. The van der Waals surface area contributed by atoms with Gasteiger partial charge in [0.15, 0.2) is 5.58 Å². The molecule has 3 nitrogen and oxygen atoms in total. The average molecular weight is 296 g/mol. The van der Waals surface area contributed by atoms with Crippen molar-refractivity contribution >= 4 is 33.5 Å². The Hall–Kier alpha value is -2.52. The maximum atomic E-state index is 12.2. The van der Waals surface area contributed by atoms with Crippen LogP contribution in [0.5, 0.6) is 0 Å². The van der Waals surface area contributed by atoms with E-state index < -0.39 is 5.63 Å². The predicted octanol–water partition coefficient (Wildman–Crippen LogP) is 4.59. The highest BCUT2D eigenvalue weighted by molar-refractivity contribution is 6.34. The zero-order valence-corrected chi connectivity index (χ0v) is 11.6. The molecule has 0 saturated heterocycles. The summed E-state index contributed by atoms with van der Waals surface area (Å²) in [6.45, 7) is 0. The topological polar surface area (TPSA) is 46.0 Å². The predicted molar refractivity (Wildman–Crippen MR) is 84.8 cm³/mol. The van der Waals surface area contributed by atoms with Gasteiger partial charge >= 0.3 is 5.63 Å². The van der Waals surface area contributed by atoms with E-state index in [9.17, 15) is 4.79 Å². The minimum absolute atomic E-state index is 0.401. The van der Waals surface area contributed by atoms with E-state index in [4.69, 9.17) is 16.0 Å². The van der Waals surface area contributed by atoms with Crippen LogP contribution in [0.3, 0.4) is 0 Å². The van der Waals surface area contributed by atoms with E-state index in [1.165, 1.54) is 0 Å². The molecule has 0 unspecified atom stereocenters. The van der Waals surface area contributed by atoms with Crippen molar-refractivity contribution in [3.63, 3.8) is 0 Å². The maximum Gasteiger partial charge on any atom is 0.345 e. The van der Waals surface area contributed by atoms with Gasteiger partial charge in [0.05, 0.1) is 16.3 Å². The lowest BCUT2D eigenvalue weighted by Gasteiger charge is -2.01. The Balaban J connectivity index is 2.01. The van der Waals surface area contributed by atoms with Crippen LogP contribution in [0.15, 0.2) is 63.8 Å². The van der Waals surface area contributed by atoms with Gasteiger partial charge in [-0.25, -0.2) is 4.79 Å². The molecule has 0 radical (unpaired) electrons. The van der Waals surface area contributed by atoms with Gasteiger partial charge in [-0.05, 0) is 24.3 Å². The van der Waals surface area contributed by atoms with Crippen LogP contribution < -0.4 is 5.63 Å². The van der Waals surface area contributed by atoms with Crippen LogP contribution in [0.25, 0.3) is 33.1 Å². The number of halogens is 1. The van der Waals surface area contributed by atoms with Crippen LogP contribution in [-0.2, 0) is 0 Å². The molecule has 0 fully saturated rings. The van der Waals surface area contributed by atoms with Crippen LogP contribution in [0.2, 0.25) is 5.02 Å². The first-order chi connectivity index (χ1) is 10.2. The second-order valence-corrected chi connectivity index (χ2v) is 5.28. The van der Waals surface area contributed by atoms with Crippen molar-refractivity contribution in [2.75, 3.05) is 0 Å². The molecule has 0 atom stereocenters. The lowest BCUT2D eigenvalue weighted by Crippen LogP contribution is -2.02. The zero-order valence-electron chi connectivity index (χ0n) is 10.9. The molecule has 21 heavy (non-hydrogen) atoms. The highest BCUT2D eigenvalue weighted by Crippen LogP contribution is 2.27. The van der Waals surface area contributed by atoms with Gasteiger partial charge in [0.2, 0.25) is 0 Å². The first-order valence-electron chi connectivity index (χ1n) is 6.53. The van der Waals surface area contributed by atoms with E-state index in [0.717, 1.165) is 22.0 Å². The van der Waals surface area contributed by atoms with Gasteiger partial charge in [-0.3, -0.25) is 0 Å². The molecule has 4 aromatic rings. The van der Waals surface area contributed by atoms with Gasteiger partial charge in [0.25, 0.3) is 0 Å². The van der Waals surface area contributed by atoms with Crippen molar-refractivity contribution in [1.82, 2.24) is 4.98 Å². The van der Waals surface area contributed by atoms with E-state index >= 15 is 0 Å². The monoisotopic (exact) mass is 295 g/mol. The summed E-state index contributed by atoms with van der Waals surface area (Å²) in [6, 6.07) is 17.0. The summed E-state index contributed by atoms with van der Waals surface area (Å²) in [5.74, 6) is 0. The molecule has 0 aliphatic carbocycles. The van der Waals surface area contributed by atoms with Gasteiger partial charge in [-0.2, -0.15) is 0 Å². The van der Waals surface area contributed by atoms with Crippen molar-refractivity contribution in [2.24, 2.45) is 0 Å². The third kappa shape index (κ3) is 1.94. The number of nitrogens with one attached hydrogen (secondary N) is 1. The lowest BCUT2D eigenvalue weighted by atomic mass is 10.1. The van der Waals surface area contributed by atoms with E-state index in [2.05, 4.69) is 4.98 Å². The van der Waals surface area contributed by atoms with Gasteiger partial charge in [0.1, 0.15) is 0 Å². The zero-order chi connectivity index (χ0) is 14.4. The molecule has 0 bridgehead atoms. The van der Waals surface area contributed by atoms with Crippen molar-refractivity contribution in [1.29, 1.82) is 0 Å². The number of hydrogen-bond acceptors (Lipinski definition) is 2. The summed E-state index contributed by atoms with van der Waals surface area (Å²) < 4.78 is 5.37. The molecule has 0 aliphatic heterocycles. The van der Waals surface area contributed by atoms with Crippen molar-refractivity contribution < 1.29 is 4.42 Å². The Morgan fingerprint density at radius 3 is 2.62 bits per heavy atom. The van der Waals surface area contributed by atoms with Crippen LogP contribution in [0, 0.1) is 0 Å². The molecule has 0 spiro atoms. The summed E-state index contributed by atoms with van der Waals surface area (Å²) in [5.41, 5.74) is 2.25. The minimum atomic E-state index is -0.401. The molecule has 4 heteroatoms. The first kappa shape index (κ1) is 12.2. The molecular formula is C17H10ClNO2. The van der Waals surface area contributed by atoms with E-state index in [1.807, 2.05) is 42.5 Å². The Kier molecular flexibility index (Phi) is 2.62. The summed E-state index contributed by atoms with van der Waals surface area (Å²) >= 11 is 6.05. The maximum absolute atomic E-state index is 12.2. The quantitative estimate of drug-likeness (QED) is 0.522. The second kappa shape index (κ2) is 4.50. The van der Waals surface area contributed by atoms with Crippen LogP contribution in [0.1, 0.15) is 0 Å². The molecule has 4 rings (SSSR count). The molecule has 2 aromatic carbocycles. The lowest BCUT2D eigenvalue weighted by molar-refractivity contribution is 0.563. The van der Waals surface area contributed by atoms with E-state index in [1.54, 1.807) is 12.1 Å². The minimum Gasteiger partial charge on any atom is -0.421 e. The largest absolute Gasteiger partial charge is 0.421 e. The van der Waals surface area contributed by atoms with Crippen LogP contribution >= 0.6 is 11.6 Å². The Bertz CT molecular complexity index is 997. The normalized spacial score (nSPS) is 11.3. The highest BCUT2D eigenvalue weighted by atomic mass is 35.5. The van der Waals surface area contributed by atoms with Crippen LogP contribution in [-0.4, -0.2) is 4.98 Å². The average Bonchev–Trinajstić information content (AvgIpc) is 2.91. The smallest absolute Gasteiger partial charge is 0.345 e. The Labute approximate surface area is 124 Å². The third-order valence-corrected chi connectivity index (χ3v) is 3.83. The van der Waals surface area contributed by atoms with Crippen molar-refractivity contribution in [3.05, 3.63) is 70.0 Å². The molecular weight excluding hydrogens is 286 g/mol. The fraction of sp³-hybridized carbons (Fsp3) is 0. The van der Waals surface area contributed by atoms with Gasteiger partial charge in [0, 0.05) is 16.3 Å². The van der Waals surface area contributed by atoms with Crippen molar-refractivity contribution in [2.45, 2.75) is 0 Å². The molecule has 2 heterocycles. The number of fused-ring (bicyclic) bond motifs is 2. The summed E-state index contributed by atoms with van der Waals surface area (Å²) in [7, 11) is 0. The molecule has 2 aromatic heterocycles. The molecule has 0 aliphatic rings. The molecule has 0 amide bonds. The number of H-pyrrole nitrogens is 1. The fourth-order valence-electron chi connectivity index (χ4n) is 2.52. The number of aromatic nitrogens is 1. The molecule has 1 N–H and O–H groups in total. The van der Waals surface area contributed by atoms with E-state index in [0.29, 0.717) is 16.2 Å². The standard InChI is InChI=1S/C17H10ClNO2/c18-13-6-3-5-11-8-12(17(20)21-16(11)13)15-9-10-4-1-2-7-14(10)19-15/h1-9,19H. The van der Waals surface area contributed by atoms with Gasteiger partial charge in [-0.15, -0.1) is 0 Å². The Morgan fingerprint density at radius 1 is 0.952 bits per heavy atom. The second-order valence-electron chi connectivity index (χ2n) is 4.88. The molecule has 0 saturated carbocycles. The number of rotatable bonds is 1. The number of aromatic amines is 1. The van der Waals surface area contributed by atoms with Gasteiger partial charge < -0.3 is 9.40 Å². The molecule has 102 valence electrons. The SMILES string of the molecule is O=c1oc2c(Cl)cccc2cc1-c1cc2ccccc2[nH]1. The van der Waals surface area contributed by atoms with Gasteiger partial charge in [-0.1, -0.05) is 41.9 Å².